The summed E-state index contributed by atoms with van der Waals surface area (Å²) in [5, 5.41) is 4.34. The normalized spacial score (nSPS) is 11.4. The standard InChI is InChI=1S/C55H35N3O/c1-4-12-36(13-5-1)38-20-22-39(23-21-38)40-24-28-43(29-25-40)54-56-53(42-16-8-3-9-17-42)57-55(58-54)49-33-32-47(52-51(49)48-18-10-11-19-50(48)59-52)45-31-27-41-26-30-44(34-46(41)35-45)37-14-6-2-7-15-37/h1-35H. The Labute approximate surface area is 341 Å². The average Bonchev–Trinajstić information content (AvgIpc) is 3.72. The predicted molar refractivity (Wildman–Crippen MR) is 243 cm³/mol. The van der Waals surface area contributed by atoms with E-state index in [0.29, 0.717) is 17.5 Å². The average molecular weight is 754 g/mol. The third-order valence-corrected chi connectivity index (χ3v) is 11.2. The molecule has 4 heteroatoms. The minimum absolute atomic E-state index is 0.587. The molecule has 2 heterocycles. The molecule has 11 rings (SSSR count). The predicted octanol–water partition coefficient (Wildman–Crippen LogP) is 14.6. The Morgan fingerprint density at radius 2 is 0.712 bits per heavy atom. The van der Waals surface area contributed by atoms with Crippen LogP contribution >= 0.6 is 0 Å². The molecule has 0 spiro atoms. The zero-order chi connectivity index (χ0) is 39.1. The Morgan fingerprint density at radius 3 is 1.34 bits per heavy atom. The fourth-order valence-electron chi connectivity index (χ4n) is 8.11. The van der Waals surface area contributed by atoms with E-state index in [4.69, 9.17) is 19.4 Å². The van der Waals surface area contributed by atoms with Gasteiger partial charge in [0.25, 0.3) is 0 Å². The molecule has 0 saturated heterocycles. The number of fused-ring (bicyclic) bond motifs is 4. The highest BCUT2D eigenvalue weighted by atomic mass is 16.3. The SMILES string of the molecule is c1ccc(-c2ccc(-c3ccc(-c4nc(-c5ccccc5)nc(-c5ccc(-c6ccc7ccc(-c8ccccc8)cc7c6)c6oc7ccccc7c56)n4)cc3)cc2)cc1. The van der Waals surface area contributed by atoms with Crippen LogP contribution in [0.4, 0.5) is 0 Å². The van der Waals surface area contributed by atoms with E-state index in [1.54, 1.807) is 0 Å². The van der Waals surface area contributed by atoms with Crippen molar-refractivity contribution >= 4 is 32.7 Å². The van der Waals surface area contributed by atoms with Crippen LogP contribution in [0.3, 0.4) is 0 Å². The molecule has 0 aliphatic heterocycles. The first-order valence-electron chi connectivity index (χ1n) is 19.8. The van der Waals surface area contributed by atoms with Crippen LogP contribution in [0.2, 0.25) is 0 Å². The summed E-state index contributed by atoms with van der Waals surface area (Å²) in [4.78, 5) is 15.4. The molecule has 0 atom stereocenters. The Morgan fingerprint density at radius 1 is 0.288 bits per heavy atom. The van der Waals surface area contributed by atoms with Crippen LogP contribution in [-0.2, 0) is 0 Å². The number of hydrogen-bond acceptors (Lipinski definition) is 4. The Balaban J connectivity index is 1.03. The lowest BCUT2D eigenvalue weighted by molar-refractivity contribution is 0.670. The van der Waals surface area contributed by atoms with Crippen LogP contribution in [0.5, 0.6) is 0 Å². The van der Waals surface area contributed by atoms with E-state index in [1.165, 1.54) is 33.0 Å². The van der Waals surface area contributed by atoms with Crippen molar-refractivity contribution in [2.75, 3.05) is 0 Å². The van der Waals surface area contributed by atoms with Gasteiger partial charge in [-0.1, -0.05) is 182 Å². The summed E-state index contributed by atoms with van der Waals surface area (Å²) in [5.41, 5.74) is 13.5. The number of nitrogens with zero attached hydrogens (tertiary/aromatic N) is 3. The molecule has 0 N–H and O–H groups in total. The quantitative estimate of drug-likeness (QED) is 0.163. The molecular formula is C55H35N3O. The molecule has 0 fully saturated rings. The second-order valence-electron chi connectivity index (χ2n) is 14.8. The number of para-hydroxylation sites is 1. The van der Waals surface area contributed by atoms with Crippen LogP contribution in [0.15, 0.2) is 217 Å². The molecule has 0 bridgehead atoms. The lowest BCUT2D eigenvalue weighted by Gasteiger charge is -2.12. The van der Waals surface area contributed by atoms with E-state index in [1.807, 2.05) is 48.5 Å². The number of furan rings is 1. The number of rotatable bonds is 7. The Kier molecular flexibility index (Phi) is 8.45. The van der Waals surface area contributed by atoms with Crippen molar-refractivity contribution in [1.29, 1.82) is 0 Å². The van der Waals surface area contributed by atoms with Gasteiger partial charge in [0.15, 0.2) is 17.5 Å². The summed E-state index contributed by atoms with van der Waals surface area (Å²) >= 11 is 0. The Bertz CT molecular complexity index is 3280. The summed E-state index contributed by atoms with van der Waals surface area (Å²) in [6.07, 6.45) is 0. The summed E-state index contributed by atoms with van der Waals surface area (Å²) in [5.74, 6) is 1.80. The minimum atomic E-state index is 0.587. The number of aromatic nitrogens is 3. The summed E-state index contributed by atoms with van der Waals surface area (Å²) in [7, 11) is 0. The van der Waals surface area contributed by atoms with Gasteiger partial charge < -0.3 is 4.42 Å². The molecule has 0 amide bonds. The van der Waals surface area contributed by atoms with E-state index in [9.17, 15) is 0 Å². The smallest absolute Gasteiger partial charge is 0.164 e. The van der Waals surface area contributed by atoms with Gasteiger partial charge in [-0.15, -0.1) is 0 Å². The maximum Gasteiger partial charge on any atom is 0.164 e. The largest absolute Gasteiger partial charge is 0.455 e. The molecule has 11 aromatic rings. The summed E-state index contributed by atoms with van der Waals surface area (Å²) in [6.45, 7) is 0. The zero-order valence-electron chi connectivity index (χ0n) is 32.0. The van der Waals surface area contributed by atoms with Crippen LogP contribution < -0.4 is 0 Å². The summed E-state index contributed by atoms with van der Waals surface area (Å²) < 4.78 is 6.75. The maximum absolute atomic E-state index is 6.75. The van der Waals surface area contributed by atoms with Gasteiger partial charge in [-0.25, -0.2) is 15.0 Å². The molecule has 0 aliphatic carbocycles. The minimum Gasteiger partial charge on any atom is -0.455 e. The van der Waals surface area contributed by atoms with E-state index in [0.717, 1.165) is 60.9 Å². The van der Waals surface area contributed by atoms with Gasteiger partial charge in [0.2, 0.25) is 0 Å². The fraction of sp³-hybridized carbons (Fsp3) is 0. The van der Waals surface area contributed by atoms with Gasteiger partial charge in [-0.05, 0) is 80.0 Å². The fourth-order valence-corrected chi connectivity index (χ4v) is 8.11. The van der Waals surface area contributed by atoms with Crippen molar-refractivity contribution in [3.05, 3.63) is 212 Å². The molecular weight excluding hydrogens is 719 g/mol. The van der Waals surface area contributed by atoms with Crippen molar-refractivity contribution < 1.29 is 4.42 Å². The van der Waals surface area contributed by atoms with Crippen molar-refractivity contribution in [2.45, 2.75) is 0 Å². The van der Waals surface area contributed by atoms with Crippen molar-refractivity contribution in [1.82, 2.24) is 15.0 Å². The molecule has 59 heavy (non-hydrogen) atoms. The lowest BCUT2D eigenvalue weighted by atomic mass is 9.95. The number of hydrogen-bond donors (Lipinski definition) is 0. The molecule has 4 nitrogen and oxygen atoms in total. The second kappa shape index (κ2) is 14.5. The van der Waals surface area contributed by atoms with Crippen LogP contribution in [-0.4, -0.2) is 15.0 Å². The van der Waals surface area contributed by atoms with E-state index in [-0.39, 0.29) is 0 Å². The molecule has 276 valence electrons. The highest BCUT2D eigenvalue weighted by Gasteiger charge is 2.21. The zero-order valence-corrected chi connectivity index (χ0v) is 32.0. The first-order valence-corrected chi connectivity index (χ1v) is 19.8. The van der Waals surface area contributed by atoms with Gasteiger partial charge in [-0.3, -0.25) is 0 Å². The van der Waals surface area contributed by atoms with E-state index < -0.39 is 0 Å². The first-order chi connectivity index (χ1) is 29.2. The van der Waals surface area contributed by atoms with Crippen LogP contribution in [0.1, 0.15) is 0 Å². The maximum atomic E-state index is 6.75. The highest BCUT2D eigenvalue weighted by Crippen LogP contribution is 2.42. The third-order valence-electron chi connectivity index (χ3n) is 11.2. The molecule has 9 aromatic carbocycles. The van der Waals surface area contributed by atoms with Crippen molar-refractivity contribution in [3.63, 3.8) is 0 Å². The van der Waals surface area contributed by atoms with Crippen molar-refractivity contribution in [3.8, 4) is 78.7 Å². The molecule has 0 unspecified atom stereocenters. The molecule has 0 aliphatic rings. The van der Waals surface area contributed by atoms with E-state index >= 15 is 0 Å². The molecule has 0 saturated carbocycles. The monoisotopic (exact) mass is 753 g/mol. The Hall–Kier alpha value is -7.95. The van der Waals surface area contributed by atoms with Crippen LogP contribution in [0, 0.1) is 0 Å². The van der Waals surface area contributed by atoms with Gasteiger partial charge >= 0.3 is 0 Å². The van der Waals surface area contributed by atoms with Crippen molar-refractivity contribution in [2.24, 2.45) is 0 Å². The van der Waals surface area contributed by atoms with Gasteiger partial charge in [0.05, 0.1) is 0 Å². The second-order valence-corrected chi connectivity index (χ2v) is 14.8. The summed E-state index contributed by atoms with van der Waals surface area (Å²) in [6, 6.07) is 74.1. The van der Waals surface area contributed by atoms with Crippen LogP contribution in [0.25, 0.3) is 111 Å². The lowest BCUT2D eigenvalue weighted by Crippen LogP contribution is -2.00. The van der Waals surface area contributed by atoms with Gasteiger partial charge in [0.1, 0.15) is 11.2 Å². The first kappa shape index (κ1) is 34.3. The third kappa shape index (κ3) is 6.43. The van der Waals surface area contributed by atoms with Gasteiger partial charge in [-0.2, -0.15) is 0 Å². The number of benzene rings is 9. The van der Waals surface area contributed by atoms with E-state index in [2.05, 4.69) is 164 Å². The van der Waals surface area contributed by atoms with Gasteiger partial charge in [0, 0.05) is 33.0 Å². The highest BCUT2D eigenvalue weighted by molar-refractivity contribution is 6.16. The topological polar surface area (TPSA) is 51.8 Å². The molecule has 0 radical (unpaired) electrons. The molecule has 2 aromatic heterocycles.